The molecule has 1 amide bonds. The molecule has 2 aromatic rings. The molecule has 2 heterocycles. The van der Waals surface area contributed by atoms with Gasteiger partial charge in [0.1, 0.15) is 23.7 Å². The number of fused-ring (bicyclic) bond motifs is 1. The number of benzene rings is 1. The molecule has 0 unspecified atom stereocenters. The molecular weight excluding hydrogens is 325 g/mol. The van der Waals surface area contributed by atoms with Gasteiger partial charge < -0.3 is 9.64 Å². The topological polar surface area (TPSA) is 55.3 Å². The van der Waals surface area contributed by atoms with Crippen LogP contribution in [-0.4, -0.2) is 29.0 Å². The maximum absolute atomic E-state index is 12.8. The highest BCUT2D eigenvalue weighted by Gasteiger charge is 2.29. The molecule has 0 saturated heterocycles. The van der Waals surface area contributed by atoms with E-state index < -0.39 is 0 Å². The summed E-state index contributed by atoms with van der Waals surface area (Å²) >= 11 is 12.3. The SMILES string of the molecule is CCc1ccc(N2CCOc3ncnc(Cl)c3C2=O)cc1Cl. The minimum absolute atomic E-state index is 0.0816. The monoisotopic (exact) mass is 337 g/mol. The van der Waals surface area contributed by atoms with E-state index in [4.69, 9.17) is 27.9 Å². The van der Waals surface area contributed by atoms with Crippen LogP contribution in [0.1, 0.15) is 22.8 Å². The summed E-state index contributed by atoms with van der Waals surface area (Å²) in [5.41, 5.74) is 1.91. The van der Waals surface area contributed by atoms with Crippen molar-refractivity contribution in [3.8, 4) is 5.88 Å². The Morgan fingerprint density at radius 2 is 2.14 bits per heavy atom. The van der Waals surface area contributed by atoms with Crippen LogP contribution in [0.2, 0.25) is 10.2 Å². The van der Waals surface area contributed by atoms with E-state index in [1.165, 1.54) is 6.33 Å². The molecule has 3 rings (SSSR count). The Bertz CT molecular complexity index is 737. The van der Waals surface area contributed by atoms with E-state index >= 15 is 0 Å². The molecule has 0 spiro atoms. The molecule has 0 saturated carbocycles. The second-order valence-corrected chi connectivity index (χ2v) is 5.54. The first-order chi connectivity index (χ1) is 10.6. The van der Waals surface area contributed by atoms with Crippen molar-refractivity contribution in [2.45, 2.75) is 13.3 Å². The molecule has 22 heavy (non-hydrogen) atoms. The van der Waals surface area contributed by atoms with Gasteiger partial charge in [-0.15, -0.1) is 0 Å². The van der Waals surface area contributed by atoms with Crippen molar-refractivity contribution in [1.29, 1.82) is 0 Å². The minimum atomic E-state index is -0.293. The number of halogens is 2. The molecule has 0 atom stereocenters. The Balaban J connectivity index is 2.03. The first kappa shape index (κ1) is 15.1. The highest BCUT2D eigenvalue weighted by atomic mass is 35.5. The summed E-state index contributed by atoms with van der Waals surface area (Å²) in [6.45, 7) is 2.73. The van der Waals surface area contributed by atoms with Gasteiger partial charge in [-0.3, -0.25) is 4.79 Å². The van der Waals surface area contributed by atoms with Gasteiger partial charge >= 0.3 is 0 Å². The molecule has 0 aliphatic carbocycles. The van der Waals surface area contributed by atoms with Gasteiger partial charge in [-0.1, -0.05) is 36.2 Å². The lowest BCUT2D eigenvalue weighted by Crippen LogP contribution is -2.32. The fourth-order valence-electron chi connectivity index (χ4n) is 2.35. The summed E-state index contributed by atoms with van der Waals surface area (Å²) in [6, 6.07) is 5.56. The predicted octanol–water partition coefficient (Wildman–Crippen LogP) is 3.39. The number of aromatic nitrogens is 2. The van der Waals surface area contributed by atoms with E-state index in [1.54, 1.807) is 11.0 Å². The first-order valence-corrected chi connectivity index (χ1v) is 7.61. The molecule has 1 aromatic carbocycles. The van der Waals surface area contributed by atoms with Gasteiger partial charge in [0.2, 0.25) is 5.88 Å². The van der Waals surface area contributed by atoms with Crippen molar-refractivity contribution >= 4 is 34.8 Å². The van der Waals surface area contributed by atoms with E-state index in [0.717, 1.165) is 12.0 Å². The fraction of sp³-hybridized carbons (Fsp3) is 0.267. The molecule has 7 heteroatoms. The number of carbonyl (C=O) groups excluding carboxylic acids is 1. The molecule has 114 valence electrons. The maximum atomic E-state index is 12.8. The van der Waals surface area contributed by atoms with Crippen molar-refractivity contribution in [2.75, 3.05) is 18.1 Å². The fourth-order valence-corrected chi connectivity index (χ4v) is 2.86. The number of amides is 1. The van der Waals surface area contributed by atoms with Gasteiger partial charge in [0.25, 0.3) is 5.91 Å². The first-order valence-electron chi connectivity index (χ1n) is 6.85. The predicted molar refractivity (Wildman–Crippen MR) is 85.0 cm³/mol. The minimum Gasteiger partial charge on any atom is -0.475 e. The lowest BCUT2D eigenvalue weighted by atomic mass is 10.1. The summed E-state index contributed by atoms with van der Waals surface area (Å²) in [6.07, 6.45) is 2.11. The van der Waals surface area contributed by atoms with Gasteiger partial charge in [-0.25, -0.2) is 9.97 Å². The van der Waals surface area contributed by atoms with Crippen LogP contribution in [0.15, 0.2) is 24.5 Å². The number of carbonyl (C=O) groups is 1. The van der Waals surface area contributed by atoms with Crippen molar-refractivity contribution in [2.24, 2.45) is 0 Å². The lowest BCUT2D eigenvalue weighted by molar-refractivity contribution is 0.0989. The van der Waals surface area contributed by atoms with Crippen LogP contribution in [0.4, 0.5) is 5.69 Å². The lowest BCUT2D eigenvalue weighted by Gasteiger charge is -2.21. The third kappa shape index (κ3) is 2.62. The number of anilines is 1. The largest absolute Gasteiger partial charge is 0.475 e. The van der Waals surface area contributed by atoms with Gasteiger partial charge in [0, 0.05) is 10.7 Å². The summed E-state index contributed by atoms with van der Waals surface area (Å²) in [5.74, 6) is -0.0813. The number of aryl methyl sites for hydroxylation is 1. The average Bonchev–Trinajstić information content (AvgIpc) is 2.67. The zero-order valence-corrected chi connectivity index (χ0v) is 13.4. The Labute approximate surface area is 137 Å². The third-order valence-electron chi connectivity index (χ3n) is 3.51. The smallest absolute Gasteiger partial charge is 0.267 e. The quantitative estimate of drug-likeness (QED) is 0.788. The molecule has 1 aliphatic rings. The Kier molecular flexibility index (Phi) is 4.18. The summed E-state index contributed by atoms with van der Waals surface area (Å²) < 4.78 is 5.50. The highest BCUT2D eigenvalue weighted by Crippen LogP contribution is 2.30. The summed E-state index contributed by atoms with van der Waals surface area (Å²) in [5, 5.41) is 0.715. The molecule has 0 fully saturated rings. The molecule has 1 aliphatic heterocycles. The Morgan fingerprint density at radius 3 is 2.86 bits per heavy atom. The zero-order chi connectivity index (χ0) is 15.7. The maximum Gasteiger partial charge on any atom is 0.267 e. The average molecular weight is 338 g/mol. The van der Waals surface area contributed by atoms with E-state index in [2.05, 4.69) is 9.97 Å². The van der Waals surface area contributed by atoms with Crippen LogP contribution in [-0.2, 0) is 6.42 Å². The molecule has 5 nitrogen and oxygen atoms in total. The van der Waals surface area contributed by atoms with E-state index in [0.29, 0.717) is 23.9 Å². The number of ether oxygens (including phenoxy) is 1. The highest BCUT2D eigenvalue weighted by molar-refractivity contribution is 6.34. The standard InChI is InChI=1S/C15H13Cl2N3O2/c1-2-9-3-4-10(7-11(9)16)20-5-6-22-14-12(15(20)21)13(17)18-8-19-14/h3-4,7-8H,2,5-6H2,1H3. The third-order valence-corrected chi connectivity index (χ3v) is 4.15. The van der Waals surface area contributed by atoms with Crippen LogP contribution in [0.5, 0.6) is 5.88 Å². The Morgan fingerprint density at radius 1 is 1.32 bits per heavy atom. The number of hydrogen-bond acceptors (Lipinski definition) is 4. The van der Waals surface area contributed by atoms with Crippen LogP contribution in [0.3, 0.4) is 0 Å². The van der Waals surface area contributed by atoms with Gasteiger partial charge in [-0.2, -0.15) is 0 Å². The van der Waals surface area contributed by atoms with Crippen LogP contribution in [0.25, 0.3) is 0 Å². The van der Waals surface area contributed by atoms with Gasteiger partial charge in [0.15, 0.2) is 0 Å². The molecule has 0 radical (unpaired) electrons. The molecule has 1 aromatic heterocycles. The van der Waals surface area contributed by atoms with E-state index in [9.17, 15) is 4.79 Å². The van der Waals surface area contributed by atoms with Crippen molar-refractivity contribution in [3.63, 3.8) is 0 Å². The number of hydrogen-bond donors (Lipinski definition) is 0. The summed E-state index contributed by atoms with van der Waals surface area (Å²) in [7, 11) is 0. The van der Waals surface area contributed by atoms with Crippen molar-refractivity contribution < 1.29 is 9.53 Å². The number of nitrogens with zero attached hydrogens (tertiary/aromatic N) is 3. The van der Waals surface area contributed by atoms with Crippen LogP contribution < -0.4 is 9.64 Å². The molecule has 0 bridgehead atoms. The molecule has 0 N–H and O–H groups in total. The second kappa shape index (κ2) is 6.10. The van der Waals surface area contributed by atoms with E-state index in [1.807, 2.05) is 19.1 Å². The zero-order valence-electron chi connectivity index (χ0n) is 11.8. The van der Waals surface area contributed by atoms with Crippen LogP contribution in [0, 0.1) is 0 Å². The number of rotatable bonds is 2. The molecular formula is C15H13Cl2N3O2. The Hall–Kier alpha value is -1.85. The van der Waals surface area contributed by atoms with Crippen molar-refractivity contribution in [3.05, 3.63) is 45.8 Å². The van der Waals surface area contributed by atoms with Gasteiger partial charge in [0.05, 0.1) is 6.54 Å². The van der Waals surface area contributed by atoms with Gasteiger partial charge in [-0.05, 0) is 24.1 Å². The van der Waals surface area contributed by atoms with Crippen molar-refractivity contribution in [1.82, 2.24) is 9.97 Å². The summed E-state index contributed by atoms with van der Waals surface area (Å²) in [4.78, 5) is 22.2. The van der Waals surface area contributed by atoms with E-state index in [-0.39, 0.29) is 22.5 Å². The second-order valence-electron chi connectivity index (χ2n) is 4.78. The van der Waals surface area contributed by atoms with Crippen LogP contribution >= 0.6 is 23.2 Å². The normalized spacial score (nSPS) is 14.3.